The van der Waals surface area contributed by atoms with Crippen molar-refractivity contribution >= 4 is 10.0 Å². The third-order valence-electron chi connectivity index (χ3n) is 3.53. The van der Waals surface area contributed by atoms with Gasteiger partial charge in [-0.3, -0.25) is 4.98 Å². The molecule has 1 aromatic heterocycles. The summed E-state index contributed by atoms with van der Waals surface area (Å²) in [4.78, 5) is 4.00. The maximum absolute atomic E-state index is 12.0. The second kappa shape index (κ2) is 6.45. The molecule has 106 valence electrons. The van der Waals surface area contributed by atoms with E-state index in [2.05, 4.69) is 15.0 Å². The predicted octanol–water partition coefficient (Wildman–Crippen LogP) is 0.809. The molecular weight excluding hydrogens is 262 g/mol. The molecule has 2 heterocycles. The molecule has 0 atom stereocenters. The van der Waals surface area contributed by atoms with E-state index < -0.39 is 10.0 Å². The molecule has 0 spiro atoms. The molecule has 0 bridgehead atoms. The molecule has 1 aliphatic rings. The Morgan fingerprint density at radius 1 is 1.42 bits per heavy atom. The zero-order valence-corrected chi connectivity index (χ0v) is 12.0. The largest absolute Gasteiger partial charge is 0.317 e. The van der Waals surface area contributed by atoms with E-state index in [4.69, 9.17) is 0 Å². The number of aromatic nitrogens is 1. The van der Waals surface area contributed by atoms with Gasteiger partial charge in [-0.1, -0.05) is 0 Å². The number of nitrogens with zero attached hydrogens (tertiary/aromatic N) is 1. The number of sulfonamides is 1. The van der Waals surface area contributed by atoms with Crippen LogP contribution >= 0.6 is 0 Å². The van der Waals surface area contributed by atoms with Crippen LogP contribution in [-0.2, 0) is 16.6 Å². The van der Waals surface area contributed by atoms with Crippen molar-refractivity contribution in [2.75, 3.05) is 18.8 Å². The van der Waals surface area contributed by atoms with Gasteiger partial charge in [-0.2, -0.15) is 0 Å². The smallest absolute Gasteiger partial charge is 0.212 e. The van der Waals surface area contributed by atoms with E-state index in [0.29, 0.717) is 6.54 Å². The van der Waals surface area contributed by atoms with Crippen LogP contribution < -0.4 is 10.0 Å². The molecule has 0 unspecified atom stereocenters. The first-order valence-corrected chi connectivity index (χ1v) is 8.29. The summed E-state index contributed by atoms with van der Waals surface area (Å²) in [5, 5.41) is 3.24. The summed E-state index contributed by atoms with van der Waals surface area (Å²) < 4.78 is 26.8. The molecule has 5 nitrogen and oxygen atoms in total. The van der Waals surface area contributed by atoms with E-state index in [0.717, 1.165) is 37.1 Å². The number of hydrogen-bond donors (Lipinski definition) is 2. The quantitative estimate of drug-likeness (QED) is 0.839. The fourth-order valence-electron chi connectivity index (χ4n) is 2.31. The highest BCUT2D eigenvalue weighted by Crippen LogP contribution is 2.14. The minimum atomic E-state index is -3.19. The summed E-state index contributed by atoms with van der Waals surface area (Å²) in [6.07, 6.45) is 5.31. The van der Waals surface area contributed by atoms with Crippen LogP contribution in [0.15, 0.2) is 18.5 Å². The maximum atomic E-state index is 12.0. The Balaban J connectivity index is 1.88. The lowest BCUT2D eigenvalue weighted by Gasteiger charge is -2.22. The molecule has 6 heteroatoms. The number of aryl methyl sites for hydroxylation is 1. The summed E-state index contributed by atoms with van der Waals surface area (Å²) >= 11 is 0. The summed E-state index contributed by atoms with van der Waals surface area (Å²) in [6, 6.07) is 1.85. The number of rotatable bonds is 5. The molecule has 1 aromatic rings. The Labute approximate surface area is 114 Å². The zero-order chi connectivity index (χ0) is 13.7. The second-order valence-electron chi connectivity index (χ2n) is 5.10. The Hall–Kier alpha value is -0.980. The van der Waals surface area contributed by atoms with Crippen LogP contribution in [-0.4, -0.2) is 32.2 Å². The van der Waals surface area contributed by atoms with Gasteiger partial charge in [0.05, 0.1) is 5.75 Å². The molecule has 19 heavy (non-hydrogen) atoms. The molecular formula is C13H21N3O2S. The van der Waals surface area contributed by atoms with Gasteiger partial charge in [0.25, 0.3) is 0 Å². The van der Waals surface area contributed by atoms with E-state index in [1.54, 1.807) is 12.4 Å². The van der Waals surface area contributed by atoms with Gasteiger partial charge in [0.1, 0.15) is 0 Å². The average Bonchev–Trinajstić information content (AvgIpc) is 2.38. The highest BCUT2D eigenvalue weighted by atomic mass is 32.2. The van der Waals surface area contributed by atoms with Crippen LogP contribution in [0.3, 0.4) is 0 Å². The zero-order valence-electron chi connectivity index (χ0n) is 11.2. The second-order valence-corrected chi connectivity index (χ2v) is 6.95. The number of piperidine rings is 1. The van der Waals surface area contributed by atoms with Crippen molar-refractivity contribution in [3.05, 3.63) is 29.6 Å². The first kappa shape index (κ1) is 14.4. The minimum absolute atomic E-state index is 0.235. The summed E-state index contributed by atoms with van der Waals surface area (Å²) in [7, 11) is -3.19. The molecule has 0 amide bonds. The summed E-state index contributed by atoms with van der Waals surface area (Å²) in [5.41, 5.74) is 1.98. The van der Waals surface area contributed by atoms with Crippen molar-refractivity contribution in [2.45, 2.75) is 26.3 Å². The third kappa shape index (κ3) is 4.56. The van der Waals surface area contributed by atoms with Crippen molar-refractivity contribution < 1.29 is 8.42 Å². The fraction of sp³-hybridized carbons (Fsp3) is 0.615. The average molecular weight is 283 g/mol. The Kier molecular flexibility index (Phi) is 4.90. The molecule has 1 aliphatic heterocycles. The molecule has 0 aromatic carbocycles. The molecule has 0 radical (unpaired) electrons. The minimum Gasteiger partial charge on any atom is -0.317 e. The first-order chi connectivity index (χ1) is 9.07. The van der Waals surface area contributed by atoms with Crippen LogP contribution in [0.1, 0.15) is 24.0 Å². The highest BCUT2D eigenvalue weighted by Gasteiger charge is 2.20. The molecule has 1 saturated heterocycles. The van der Waals surface area contributed by atoms with E-state index in [1.807, 2.05) is 13.0 Å². The molecule has 1 fully saturated rings. The molecule has 2 rings (SSSR count). The molecule has 2 N–H and O–H groups in total. The van der Waals surface area contributed by atoms with E-state index >= 15 is 0 Å². The standard InChI is InChI=1S/C13H21N3O2S/c1-11-8-15-7-4-13(11)9-16-19(17,18)10-12-2-5-14-6-3-12/h4,7-8,12,14,16H,2-3,5-6,9-10H2,1H3. The SMILES string of the molecule is Cc1cnccc1CNS(=O)(=O)CC1CCNCC1. The fourth-order valence-corrected chi connectivity index (χ4v) is 3.75. The lowest BCUT2D eigenvalue weighted by atomic mass is 10.0. The Morgan fingerprint density at radius 2 is 2.16 bits per heavy atom. The first-order valence-electron chi connectivity index (χ1n) is 6.64. The highest BCUT2D eigenvalue weighted by molar-refractivity contribution is 7.89. The van der Waals surface area contributed by atoms with Crippen molar-refractivity contribution in [1.29, 1.82) is 0 Å². The normalized spacial score (nSPS) is 17.5. The van der Waals surface area contributed by atoms with Gasteiger partial charge in [-0.25, -0.2) is 13.1 Å². The predicted molar refractivity (Wildman–Crippen MR) is 75.2 cm³/mol. The maximum Gasteiger partial charge on any atom is 0.212 e. The Bertz CT molecular complexity index is 510. The van der Waals surface area contributed by atoms with E-state index in [9.17, 15) is 8.42 Å². The van der Waals surface area contributed by atoms with Gasteiger partial charge >= 0.3 is 0 Å². The number of nitrogens with one attached hydrogen (secondary N) is 2. The lowest BCUT2D eigenvalue weighted by Crippen LogP contribution is -2.35. The van der Waals surface area contributed by atoms with E-state index in [-0.39, 0.29) is 11.7 Å². The number of hydrogen-bond acceptors (Lipinski definition) is 4. The van der Waals surface area contributed by atoms with Gasteiger partial charge < -0.3 is 5.32 Å². The third-order valence-corrected chi connectivity index (χ3v) is 5.03. The van der Waals surface area contributed by atoms with Crippen molar-refractivity contribution in [3.63, 3.8) is 0 Å². The van der Waals surface area contributed by atoms with Crippen LogP contribution in [0, 0.1) is 12.8 Å². The topological polar surface area (TPSA) is 71.1 Å². The van der Waals surface area contributed by atoms with Gasteiger partial charge in [-0.15, -0.1) is 0 Å². The van der Waals surface area contributed by atoms with Crippen molar-refractivity contribution in [1.82, 2.24) is 15.0 Å². The van der Waals surface area contributed by atoms with Crippen LogP contribution in [0.4, 0.5) is 0 Å². The lowest BCUT2D eigenvalue weighted by molar-refractivity contribution is 0.400. The van der Waals surface area contributed by atoms with Gasteiger partial charge in [0, 0.05) is 18.9 Å². The number of pyridine rings is 1. The van der Waals surface area contributed by atoms with Crippen LogP contribution in [0.25, 0.3) is 0 Å². The van der Waals surface area contributed by atoms with Crippen molar-refractivity contribution in [2.24, 2.45) is 5.92 Å². The van der Waals surface area contributed by atoms with Gasteiger partial charge in [0.2, 0.25) is 10.0 Å². The van der Waals surface area contributed by atoms with E-state index in [1.165, 1.54) is 0 Å². The van der Waals surface area contributed by atoms with Crippen LogP contribution in [0.5, 0.6) is 0 Å². The summed E-state index contributed by atoms with van der Waals surface area (Å²) in [6.45, 7) is 4.12. The monoisotopic (exact) mass is 283 g/mol. The van der Waals surface area contributed by atoms with Gasteiger partial charge in [0.15, 0.2) is 0 Å². The molecule has 0 aliphatic carbocycles. The molecule has 0 saturated carbocycles. The summed E-state index contributed by atoms with van der Waals surface area (Å²) in [5.74, 6) is 0.510. The Morgan fingerprint density at radius 3 is 2.84 bits per heavy atom. The van der Waals surface area contributed by atoms with Crippen molar-refractivity contribution in [3.8, 4) is 0 Å². The van der Waals surface area contributed by atoms with Gasteiger partial charge in [-0.05, 0) is 56.0 Å². The van der Waals surface area contributed by atoms with Crippen LogP contribution in [0.2, 0.25) is 0 Å².